The lowest BCUT2D eigenvalue weighted by atomic mass is 10.2. The van der Waals surface area contributed by atoms with Gasteiger partial charge < -0.3 is 5.32 Å². The van der Waals surface area contributed by atoms with E-state index in [1.807, 2.05) is 13.8 Å². The van der Waals surface area contributed by atoms with E-state index in [9.17, 15) is 9.18 Å². The van der Waals surface area contributed by atoms with Gasteiger partial charge in [-0.1, -0.05) is 25.4 Å². The number of carbonyl (C=O) groups is 1. The Morgan fingerprint density at radius 1 is 1.42 bits per heavy atom. The summed E-state index contributed by atoms with van der Waals surface area (Å²) in [7, 11) is 0. The molecule has 0 spiro atoms. The maximum atomic E-state index is 13.1. The lowest BCUT2D eigenvalue weighted by Crippen LogP contribution is -2.14. The first-order valence-electron chi connectivity index (χ1n) is 5.65. The predicted molar refractivity (Wildman–Crippen MR) is 69.8 cm³/mol. The number of nitrogens with zero attached hydrogens (tertiary/aromatic N) is 2. The van der Waals surface area contributed by atoms with Crippen molar-refractivity contribution in [1.82, 2.24) is 15.2 Å². The Morgan fingerprint density at radius 2 is 2.16 bits per heavy atom. The summed E-state index contributed by atoms with van der Waals surface area (Å²) in [5.74, 6) is -0.297. The van der Waals surface area contributed by atoms with E-state index in [0.717, 1.165) is 6.07 Å². The molecule has 1 aromatic carbocycles. The number of rotatable bonds is 3. The highest BCUT2D eigenvalue weighted by Gasteiger charge is 2.14. The van der Waals surface area contributed by atoms with Crippen LogP contribution in [0.3, 0.4) is 0 Å². The average Bonchev–Trinajstić information content (AvgIpc) is 2.76. The number of hydrogen-bond donors (Lipinski definition) is 2. The number of anilines is 1. The monoisotopic (exact) mass is 282 g/mol. The van der Waals surface area contributed by atoms with Crippen LogP contribution in [0, 0.1) is 5.82 Å². The minimum absolute atomic E-state index is 0.00378. The SMILES string of the molecule is CC(C)c1nc(C(=O)Nc2cc(F)cc(Cl)c2)n[nH]1. The molecule has 0 saturated carbocycles. The molecule has 0 aliphatic heterocycles. The zero-order valence-corrected chi connectivity index (χ0v) is 11.1. The van der Waals surface area contributed by atoms with Crippen LogP contribution >= 0.6 is 11.6 Å². The lowest BCUT2D eigenvalue weighted by Gasteiger charge is -2.03. The van der Waals surface area contributed by atoms with Gasteiger partial charge >= 0.3 is 0 Å². The molecule has 0 fully saturated rings. The third-order valence-corrected chi connectivity index (χ3v) is 2.59. The molecule has 0 bridgehead atoms. The maximum absolute atomic E-state index is 13.1. The molecular weight excluding hydrogens is 271 g/mol. The van der Waals surface area contributed by atoms with Crippen LogP contribution in [0.2, 0.25) is 5.02 Å². The summed E-state index contributed by atoms with van der Waals surface area (Å²) in [6.07, 6.45) is 0. The molecule has 2 aromatic rings. The number of aromatic amines is 1. The van der Waals surface area contributed by atoms with Crippen molar-refractivity contribution in [2.24, 2.45) is 0 Å². The zero-order valence-electron chi connectivity index (χ0n) is 10.4. The van der Waals surface area contributed by atoms with Gasteiger partial charge in [0.1, 0.15) is 11.6 Å². The Balaban J connectivity index is 2.15. The molecule has 2 N–H and O–H groups in total. The van der Waals surface area contributed by atoms with Crippen LogP contribution in [0.1, 0.15) is 36.2 Å². The van der Waals surface area contributed by atoms with Gasteiger partial charge in [-0.15, -0.1) is 5.10 Å². The summed E-state index contributed by atoms with van der Waals surface area (Å²) in [4.78, 5) is 15.9. The van der Waals surface area contributed by atoms with Crippen molar-refractivity contribution in [3.8, 4) is 0 Å². The molecule has 19 heavy (non-hydrogen) atoms. The van der Waals surface area contributed by atoms with Gasteiger partial charge in [0.2, 0.25) is 5.82 Å². The van der Waals surface area contributed by atoms with E-state index in [1.54, 1.807) is 0 Å². The summed E-state index contributed by atoms with van der Waals surface area (Å²) < 4.78 is 13.1. The summed E-state index contributed by atoms with van der Waals surface area (Å²) in [6, 6.07) is 3.76. The maximum Gasteiger partial charge on any atom is 0.295 e. The molecule has 0 saturated heterocycles. The fourth-order valence-electron chi connectivity index (χ4n) is 1.45. The van der Waals surface area contributed by atoms with Crippen LogP contribution in [0.25, 0.3) is 0 Å². The lowest BCUT2D eigenvalue weighted by molar-refractivity contribution is 0.101. The largest absolute Gasteiger partial charge is 0.319 e. The number of nitrogens with one attached hydrogen (secondary N) is 2. The highest BCUT2D eigenvalue weighted by molar-refractivity contribution is 6.31. The van der Waals surface area contributed by atoms with Crippen molar-refractivity contribution >= 4 is 23.2 Å². The van der Waals surface area contributed by atoms with Gasteiger partial charge in [0.05, 0.1) is 0 Å². The van der Waals surface area contributed by atoms with Crippen LogP contribution < -0.4 is 5.32 Å². The van der Waals surface area contributed by atoms with Gasteiger partial charge in [-0.2, -0.15) is 0 Å². The first kappa shape index (κ1) is 13.5. The van der Waals surface area contributed by atoms with Crippen molar-refractivity contribution in [3.05, 3.63) is 40.7 Å². The predicted octanol–water partition coefficient (Wildman–Crippen LogP) is 2.97. The van der Waals surface area contributed by atoms with Crippen molar-refractivity contribution < 1.29 is 9.18 Å². The molecular formula is C12H12ClFN4O. The summed E-state index contributed by atoms with van der Waals surface area (Å²) in [5, 5.41) is 9.16. The number of carbonyl (C=O) groups excluding carboxylic acids is 1. The molecule has 7 heteroatoms. The van der Waals surface area contributed by atoms with E-state index in [1.165, 1.54) is 12.1 Å². The van der Waals surface area contributed by atoms with Crippen LogP contribution in [0.15, 0.2) is 18.2 Å². The Kier molecular flexibility index (Phi) is 3.80. The van der Waals surface area contributed by atoms with Crippen molar-refractivity contribution in [2.45, 2.75) is 19.8 Å². The summed E-state index contributed by atoms with van der Waals surface area (Å²) in [6.45, 7) is 3.85. The van der Waals surface area contributed by atoms with E-state index in [2.05, 4.69) is 20.5 Å². The minimum Gasteiger partial charge on any atom is -0.319 e. The fourth-order valence-corrected chi connectivity index (χ4v) is 1.67. The minimum atomic E-state index is -0.527. The topological polar surface area (TPSA) is 70.7 Å². The van der Waals surface area contributed by atoms with Crippen LogP contribution in [-0.4, -0.2) is 21.1 Å². The average molecular weight is 283 g/mol. The number of H-pyrrole nitrogens is 1. The van der Waals surface area contributed by atoms with Crippen LogP contribution in [0.4, 0.5) is 10.1 Å². The molecule has 0 aliphatic carbocycles. The van der Waals surface area contributed by atoms with Gasteiger partial charge in [0.25, 0.3) is 5.91 Å². The van der Waals surface area contributed by atoms with Crippen molar-refractivity contribution in [2.75, 3.05) is 5.32 Å². The van der Waals surface area contributed by atoms with Gasteiger partial charge in [-0.25, -0.2) is 9.37 Å². The Labute approximate surface area is 114 Å². The van der Waals surface area contributed by atoms with E-state index < -0.39 is 11.7 Å². The molecule has 5 nitrogen and oxygen atoms in total. The molecule has 0 atom stereocenters. The molecule has 1 aromatic heterocycles. The molecule has 2 rings (SSSR count). The first-order valence-corrected chi connectivity index (χ1v) is 6.03. The van der Waals surface area contributed by atoms with E-state index >= 15 is 0 Å². The smallest absolute Gasteiger partial charge is 0.295 e. The Hall–Kier alpha value is -1.95. The quantitative estimate of drug-likeness (QED) is 0.909. The molecule has 0 unspecified atom stereocenters. The highest BCUT2D eigenvalue weighted by Crippen LogP contribution is 2.18. The number of halogens is 2. The number of aromatic nitrogens is 3. The highest BCUT2D eigenvalue weighted by atomic mass is 35.5. The summed E-state index contributed by atoms with van der Waals surface area (Å²) >= 11 is 5.70. The van der Waals surface area contributed by atoms with Crippen LogP contribution in [0.5, 0.6) is 0 Å². The second-order valence-electron chi connectivity index (χ2n) is 4.31. The van der Waals surface area contributed by atoms with Crippen LogP contribution in [-0.2, 0) is 0 Å². The Bertz CT molecular complexity index is 591. The van der Waals surface area contributed by atoms with E-state index in [0.29, 0.717) is 5.82 Å². The van der Waals surface area contributed by atoms with E-state index in [-0.39, 0.29) is 22.5 Å². The second kappa shape index (κ2) is 5.36. The number of benzene rings is 1. The molecule has 100 valence electrons. The number of amides is 1. The standard InChI is InChI=1S/C12H12ClFN4O/c1-6(2)10-16-11(18-17-10)12(19)15-9-4-7(13)3-8(14)5-9/h3-6H,1-2H3,(H,15,19)(H,16,17,18). The summed E-state index contributed by atoms with van der Waals surface area (Å²) in [5.41, 5.74) is 0.255. The van der Waals surface area contributed by atoms with Crippen molar-refractivity contribution in [3.63, 3.8) is 0 Å². The first-order chi connectivity index (χ1) is 8.95. The molecule has 0 aliphatic rings. The van der Waals surface area contributed by atoms with E-state index in [4.69, 9.17) is 11.6 Å². The third kappa shape index (κ3) is 3.29. The fraction of sp³-hybridized carbons (Fsp3) is 0.250. The third-order valence-electron chi connectivity index (χ3n) is 2.37. The second-order valence-corrected chi connectivity index (χ2v) is 4.75. The van der Waals surface area contributed by atoms with Crippen molar-refractivity contribution in [1.29, 1.82) is 0 Å². The number of hydrogen-bond acceptors (Lipinski definition) is 3. The Morgan fingerprint density at radius 3 is 2.74 bits per heavy atom. The molecule has 1 heterocycles. The van der Waals surface area contributed by atoms with Gasteiger partial charge in [0, 0.05) is 16.6 Å². The zero-order chi connectivity index (χ0) is 14.0. The normalized spacial score (nSPS) is 10.8. The molecule has 1 amide bonds. The molecule has 0 radical (unpaired) electrons. The van der Waals surface area contributed by atoms with Gasteiger partial charge in [-0.05, 0) is 18.2 Å². The van der Waals surface area contributed by atoms with Gasteiger partial charge in [0.15, 0.2) is 0 Å². The van der Waals surface area contributed by atoms with Gasteiger partial charge in [-0.3, -0.25) is 9.89 Å².